The number of carbonyl (C=O) groups excluding carboxylic acids is 6. The zero-order chi connectivity index (χ0) is 20.9. The highest BCUT2D eigenvalue weighted by Gasteiger charge is 2.33. The van der Waals surface area contributed by atoms with Crippen LogP contribution in [0.25, 0.3) is 0 Å². The quantitative estimate of drug-likeness (QED) is 0.539. The fourth-order valence-electron chi connectivity index (χ4n) is 0.957. The molecule has 0 aromatic rings. The molecule has 0 saturated heterocycles. The summed E-state index contributed by atoms with van der Waals surface area (Å²) in [5.41, 5.74) is 0. The second-order valence-electron chi connectivity index (χ2n) is 4.23. The largest absolute Gasteiger partial charge is 0.870 e. The van der Waals surface area contributed by atoms with Crippen molar-refractivity contribution in [1.29, 1.82) is 0 Å². The summed E-state index contributed by atoms with van der Waals surface area (Å²) in [6, 6.07) is 0. The van der Waals surface area contributed by atoms with Gasteiger partial charge < -0.3 is 27.9 Å². The highest BCUT2D eigenvalue weighted by molar-refractivity contribution is 6.44. The van der Waals surface area contributed by atoms with Gasteiger partial charge in [-0.2, -0.15) is 0 Å². The molecule has 0 fully saturated rings. The van der Waals surface area contributed by atoms with E-state index in [1.165, 1.54) is 0 Å². The molecule has 0 heterocycles. The standard InChI is InChI=1S/2C6H9BO6/c2*1-4(8)11-7(12-5(2)9)13-6(3)10/h2*1-3H3. The molecule has 0 aliphatic rings. The van der Waals surface area contributed by atoms with Crippen LogP contribution >= 0.6 is 0 Å². The van der Waals surface area contributed by atoms with E-state index in [9.17, 15) is 28.8 Å². The third-order valence-electron chi connectivity index (χ3n) is 1.57. The van der Waals surface area contributed by atoms with Gasteiger partial charge in [0.15, 0.2) is 0 Å². The van der Waals surface area contributed by atoms with Crippen molar-refractivity contribution >= 4 is 50.5 Å². The predicted octanol–water partition coefficient (Wildman–Crippen LogP) is -0.679. The SMILES string of the molecule is CC(=O)OB(OC(C)=O)OC(C)=O.CC(=O)OB(OC(C)=O)OC(C)=O. The van der Waals surface area contributed by atoms with Crippen molar-refractivity contribution in [1.82, 2.24) is 0 Å². The average molecular weight is 376 g/mol. The average Bonchev–Trinajstić information content (AvgIpc) is 2.33. The monoisotopic (exact) mass is 376 g/mol. The summed E-state index contributed by atoms with van der Waals surface area (Å²) in [5.74, 6) is -4.29. The van der Waals surface area contributed by atoms with Gasteiger partial charge in [-0.3, -0.25) is 28.8 Å². The topological polar surface area (TPSA) is 158 Å². The Bertz CT molecular complexity index is 422. The fraction of sp³-hybridized carbons (Fsp3) is 0.500. The zero-order valence-corrected chi connectivity index (χ0v) is 15.1. The van der Waals surface area contributed by atoms with E-state index in [4.69, 9.17) is 0 Å². The van der Waals surface area contributed by atoms with E-state index >= 15 is 0 Å². The zero-order valence-electron chi connectivity index (χ0n) is 15.1. The van der Waals surface area contributed by atoms with E-state index in [1.807, 2.05) is 0 Å². The molecule has 14 heteroatoms. The van der Waals surface area contributed by atoms with Crippen LogP contribution in [0.5, 0.6) is 0 Å². The predicted molar refractivity (Wildman–Crippen MR) is 82.1 cm³/mol. The smallest absolute Gasteiger partial charge is 0.462 e. The molecule has 0 saturated carbocycles. The van der Waals surface area contributed by atoms with Crippen molar-refractivity contribution in [2.45, 2.75) is 41.5 Å². The van der Waals surface area contributed by atoms with Crippen LogP contribution in [0.1, 0.15) is 41.5 Å². The molecule has 0 aliphatic carbocycles. The van der Waals surface area contributed by atoms with Crippen LogP contribution in [0.3, 0.4) is 0 Å². The maximum Gasteiger partial charge on any atom is 0.870 e. The van der Waals surface area contributed by atoms with Gasteiger partial charge >= 0.3 is 14.6 Å². The molecule has 0 radical (unpaired) electrons. The van der Waals surface area contributed by atoms with E-state index in [-0.39, 0.29) is 0 Å². The van der Waals surface area contributed by atoms with Gasteiger partial charge in [-0.25, -0.2) is 0 Å². The molecule has 26 heavy (non-hydrogen) atoms. The van der Waals surface area contributed by atoms with Gasteiger partial charge in [0.05, 0.1) is 0 Å². The highest BCUT2D eigenvalue weighted by Crippen LogP contribution is 1.95. The molecule has 12 nitrogen and oxygen atoms in total. The molecular formula is C12H18B2O12. The molecular weight excluding hydrogens is 358 g/mol. The summed E-state index contributed by atoms with van der Waals surface area (Å²) in [4.78, 5) is 62.5. The van der Waals surface area contributed by atoms with E-state index in [1.54, 1.807) is 0 Å². The molecule has 0 unspecified atom stereocenters. The molecule has 144 valence electrons. The van der Waals surface area contributed by atoms with Crippen LogP contribution in [-0.2, 0) is 56.7 Å². The van der Waals surface area contributed by atoms with E-state index in [0.29, 0.717) is 0 Å². The van der Waals surface area contributed by atoms with Crippen LogP contribution in [0, 0.1) is 0 Å². The summed E-state index contributed by atoms with van der Waals surface area (Å²) >= 11 is 0. The first-order valence-electron chi connectivity index (χ1n) is 6.86. The fourth-order valence-corrected chi connectivity index (χ4v) is 0.957. The van der Waals surface area contributed by atoms with Crippen LogP contribution in [0.4, 0.5) is 0 Å². The first-order chi connectivity index (χ1) is 11.8. The van der Waals surface area contributed by atoms with Gasteiger partial charge in [0, 0.05) is 41.5 Å². The van der Waals surface area contributed by atoms with Crippen molar-refractivity contribution in [3.05, 3.63) is 0 Å². The minimum atomic E-state index is -1.59. The Hall–Kier alpha value is -3.05. The lowest BCUT2D eigenvalue weighted by Crippen LogP contribution is -2.32. The van der Waals surface area contributed by atoms with Crippen molar-refractivity contribution in [3.63, 3.8) is 0 Å². The van der Waals surface area contributed by atoms with Gasteiger partial charge in [0.2, 0.25) is 0 Å². The summed E-state index contributed by atoms with van der Waals surface area (Å²) < 4.78 is 26.1. The maximum atomic E-state index is 10.4. The Labute approximate surface area is 149 Å². The van der Waals surface area contributed by atoms with Crippen LogP contribution in [0.2, 0.25) is 0 Å². The number of hydrogen-bond donors (Lipinski definition) is 0. The molecule has 0 amide bonds. The van der Waals surface area contributed by atoms with Gasteiger partial charge in [-0.1, -0.05) is 0 Å². The van der Waals surface area contributed by atoms with Gasteiger partial charge in [-0.15, -0.1) is 0 Å². The molecule has 0 spiro atoms. The van der Waals surface area contributed by atoms with Crippen LogP contribution < -0.4 is 0 Å². The lowest BCUT2D eigenvalue weighted by molar-refractivity contribution is -0.148. The Morgan fingerprint density at radius 2 is 0.500 bits per heavy atom. The molecule has 0 aromatic carbocycles. The van der Waals surface area contributed by atoms with Crippen LogP contribution in [0.15, 0.2) is 0 Å². The summed E-state index contributed by atoms with van der Waals surface area (Å²) in [5, 5.41) is 0. The number of rotatable bonds is 6. The first-order valence-corrected chi connectivity index (χ1v) is 6.86. The minimum absolute atomic E-state index is 0.715. The van der Waals surface area contributed by atoms with Gasteiger partial charge in [-0.05, 0) is 0 Å². The Balaban J connectivity index is 0. The Kier molecular flexibility index (Phi) is 12.9. The summed E-state index contributed by atoms with van der Waals surface area (Å²) in [6.07, 6.45) is 0. The third kappa shape index (κ3) is 19.0. The molecule has 0 bridgehead atoms. The summed E-state index contributed by atoms with van der Waals surface area (Å²) in [7, 11) is -3.18. The third-order valence-corrected chi connectivity index (χ3v) is 1.57. The normalized spacial score (nSPS) is 8.54. The Morgan fingerprint density at radius 1 is 0.385 bits per heavy atom. The lowest BCUT2D eigenvalue weighted by Gasteiger charge is -2.09. The van der Waals surface area contributed by atoms with Gasteiger partial charge in [0.25, 0.3) is 35.8 Å². The second kappa shape index (κ2) is 13.3. The first kappa shape index (κ1) is 25.2. The molecule has 0 rings (SSSR count). The highest BCUT2D eigenvalue weighted by atomic mass is 16.8. The maximum absolute atomic E-state index is 10.4. The van der Waals surface area contributed by atoms with Crippen molar-refractivity contribution < 1.29 is 56.7 Å². The molecule has 0 N–H and O–H groups in total. The van der Waals surface area contributed by atoms with Crippen LogP contribution in [-0.4, -0.2) is 50.5 Å². The second-order valence-corrected chi connectivity index (χ2v) is 4.23. The van der Waals surface area contributed by atoms with Crippen molar-refractivity contribution in [2.75, 3.05) is 0 Å². The van der Waals surface area contributed by atoms with E-state index < -0.39 is 50.5 Å². The molecule has 0 atom stereocenters. The molecule has 0 aliphatic heterocycles. The molecule has 0 aromatic heterocycles. The van der Waals surface area contributed by atoms with Crippen molar-refractivity contribution in [3.8, 4) is 0 Å². The lowest BCUT2D eigenvalue weighted by atomic mass is 10.2. The van der Waals surface area contributed by atoms with E-state index in [2.05, 4.69) is 27.9 Å². The number of carbonyl (C=O) groups is 6. The minimum Gasteiger partial charge on any atom is -0.462 e. The summed E-state index contributed by atoms with van der Waals surface area (Å²) in [6.45, 7) is 6.58. The van der Waals surface area contributed by atoms with E-state index in [0.717, 1.165) is 41.5 Å². The Morgan fingerprint density at radius 3 is 0.577 bits per heavy atom. The number of hydrogen-bond acceptors (Lipinski definition) is 12. The van der Waals surface area contributed by atoms with Gasteiger partial charge in [0.1, 0.15) is 0 Å². The van der Waals surface area contributed by atoms with Crippen molar-refractivity contribution in [2.24, 2.45) is 0 Å².